The van der Waals surface area contributed by atoms with Crippen molar-refractivity contribution in [3.05, 3.63) is 0 Å². The molecule has 0 spiro atoms. The van der Waals surface area contributed by atoms with Crippen molar-refractivity contribution in [2.24, 2.45) is 0 Å². The second-order valence-electron chi connectivity index (χ2n) is 5.36. The van der Waals surface area contributed by atoms with Gasteiger partial charge in [-0.05, 0) is 24.6 Å². The second kappa shape index (κ2) is 3.71. The van der Waals surface area contributed by atoms with Crippen LogP contribution in [-0.2, 0) is 9.16 Å². The fraction of sp³-hybridized carbons (Fsp3) is 1.00. The Morgan fingerprint density at radius 3 is 2.31 bits per heavy atom. The maximum atomic E-state index is 6.18. The standard InChI is InChI=1S/C10H22O2Si/c1-10(2,3)13(4,5)12-9-6-7-11-8-9/h9H,6-8H2,1-5H3. The number of hydrogen-bond donors (Lipinski definition) is 0. The summed E-state index contributed by atoms with van der Waals surface area (Å²) in [6.07, 6.45) is 1.44. The van der Waals surface area contributed by atoms with Crippen LogP contribution in [0.1, 0.15) is 27.2 Å². The molecule has 1 atom stereocenters. The van der Waals surface area contributed by atoms with Crippen LogP contribution in [0.4, 0.5) is 0 Å². The Morgan fingerprint density at radius 2 is 1.92 bits per heavy atom. The van der Waals surface area contributed by atoms with Crippen molar-refractivity contribution in [2.75, 3.05) is 13.2 Å². The third-order valence-corrected chi connectivity index (χ3v) is 7.69. The first-order valence-corrected chi connectivity index (χ1v) is 7.99. The number of ether oxygens (including phenoxy) is 1. The smallest absolute Gasteiger partial charge is 0.192 e. The van der Waals surface area contributed by atoms with Gasteiger partial charge in [0.05, 0.1) is 12.7 Å². The van der Waals surface area contributed by atoms with E-state index in [4.69, 9.17) is 9.16 Å². The molecular weight excluding hydrogens is 180 g/mol. The monoisotopic (exact) mass is 202 g/mol. The van der Waals surface area contributed by atoms with Gasteiger partial charge in [-0.3, -0.25) is 0 Å². The zero-order chi connectivity index (χ0) is 10.1. The van der Waals surface area contributed by atoms with Crippen molar-refractivity contribution in [3.63, 3.8) is 0 Å². The Labute approximate surface area is 82.7 Å². The lowest BCUT2D eigenvalue weighted by Crippen LogP contribution is -2.44. The normalized spacial score (nSPS) is 25.2. The highest BCUT2D eigenvalue weighted by molar-refractivity contribution is 6.74. The summed E-state index contributed by atoms with van der Waals surface area (Å²) in [6, 6.07) is 0. The highest BCUT2D eigenvalue weighted by Gasteiger charge is 2.39. The number of rotatable bonds is 2. The molecule has 0 N–H and O–H groups in total. The third kappa shape index (κ3) is 2.79. The zero-order valence-electron chi connectivity index (χ0n) is 9.52. The minimum atomic E-state index is -1.55. The van der Waals surface area contributed by atoms with E-state index in [0.29, 0.717) is 11.1 Å². The first kappa shape index (κ1) is 11.2. The van der Waals surface area contributed by atoms with Crippen molar-refractivity contribution in [1.29, 1.82) is 0 Å². The minimum Gasteiger partial charge on any atom is -0.412 e. The lowest BCUT2D eigenvalue weighted by molar-refractivity contribution is 0.132. The Morgan fingerprint density at radius 1 is 1.31 bits per heavy atom. The number of hydrogen-bond acceptors (Lipinski definition) is 2. The molecule has 0 aromatic carbocycles. The molecule has 78 valence electrons. The lowest BCUT2D eigenvalue weighted by Gasteiger charge is -2.38. The predicted molar refractivity (Wildman–Crippen MR) is 57.5 cm³/mol. The van der Waals surface area contributed by atoms with Gasteiger partial charge in [0, 0.05) is 6.61 Å². The zero-order valence-corrected chi connectivity index (χ0v) is 10.5. The van der Waals surface area contributed by atoms with Crippen LogP contribution in [0.3, 0.4) is 0 Å². The second-order valence-corrected chi connectivity index (χ2v) is 10.1. The molecule has 0 saturated carbocycles. The molecule has 1 aliphatic rings. The highest BCUT2D eigenvalue weighted by atomic mass is 28.4. The van der Waals surface area contributed by atoms with Crippen molar-refractivity contribution in [3.8, 4) is 0 Å². The molecular formula is C10H22O2Si. The van der Waals surface area contributed by atoms with Crippen LogP contribution in [0.15, 0.2) is 0 Å². The molecule has 1 rings (SSSR count). The molecule has 1 unspecified atom stereocenters. The molecule has 0 amide bonds. The highest BCUT2D eigenvalue weighted by Crippen LogP contribution is 2.37. The lowest BCUT2D eigenvalue weighted by atomic mass is 10.2. The predicted octanol–water partition coefficient (Wildman–Crippen LogP) is 2.80. The molecule has 3 heteroatoms. The summed E-state index contributed by atoms with van der Waals surface area (Å²) >= 11 is 0. The fourth-order valence-electron chi connectivity index (χ4n) is 1.20. The molecule has 13 heavy (non-hydrogen) atoms. The summed E-state index contributed by atoms with van der Waals surface area (Å²) in [4.78, 5) is 0. The molecule has 0 bridgehead atoms. The van der Waals surface area contributed by atoms with E-state index in [1.54, 1.807) is 0 Å². The Bertz CT molecular complexity index is 166. The average Bonchev–Trinajstić information content (AvgIpc) is 2.35. The van der Waals surface area contributed by atoms with Crippen LogP contribution in [-0.4, -0.2) is 27.6 Å². The fourth-order valence-corrected chi connectivity index (χ4v) is 2.57. The minimum absolute atomic E-state index is 0.315. The molecule has 0 aromatic rings. The third-order valence-electron chi connectivity index (χ3n) is 3.16. The van der Waals surface area contributed by atoms with Gasteiger partial charge in [0.25, 0.3) is 0 Å². The van der Waals surface area contributed by atoms with Crippen LogP contribution < -0.4 is 0 Å². The van der Waals surface area contributed by atoms with Crippen LogP contribution >= 0.6 is 0 Å². The Hall–Kier alpha value is 0.137. The largest absolute Gasteiger partial charge is 0.412 e. The van der Waals surface area contributed by atoms with Gasteiger partial charge in [-0.15, -0.1) is 0 Å². The van der Waals surface area contributed by atoms with Crippen LogP contribution in [0.5, 0.6) is 0 Å². The van der Waals surface area contributed by atoms with Gasteiger partial charge in [-0.25, -0.2) is 0 Å². The van der Waals surface area contributed by atoms with Crippen LogP contribution in [0.2, 0.25) is 18.1 Å². The van der Waals surface area contributed by atoms with E-state index in [-0.39, 0.29) is 0 Å². The van der Waals surface area contributed by atoms with Gasteiger partial charge in [0.15, 0.2) is 8.32 Å². The molecule has 1 fully saturated rings. The van der Waals surface area contributed by atoms with E-state index in [1.807, 2.05) is 0 Å². The van der Waals surface area contributed by atoms with Gasteiger partial charge >= 0.3 is 0 Å². The first-order valence-electron chi connectivity index (χ1n) is 5.08. The van der Waals surface area contributed by atoms with Crippen molar-refractivity contribution in [1.82, 2.24) is 0 Å². The van der Waals surface area contributed by atoms with E-state index in [2.05, 4.69) is 33.9 Å². The molecule has 1 aliphatic heterocycles. The Kier molecular flexibility index (Phi) is 3.20. The van der Waals surface area contributed by atoms with Gasteiger partial charge in [-0.2, -0.15) is 0 Å². The topological polar surface area (TPSA) is 18.5 Å². The summed E-state index contributed by atoms with van der Waals surface area (Å²) < 4.78 is 11.5. The van der Waals surface area contributed by atoms with Gasteiger partial charge < -0.3 is 9.16 Å². The summed E-state index contributed by atoms with van der Waals surface area (Å²) in [6.45, 7) is 13.1. The molecule has 0 aromatic heterocycles. The van der Waals surface area contributed by atoms with Crippen molar-refractivity contribution >= 4 is 8.32 Å². The molecule has 2 nitrogen and oxygen atoms in total. The molecule has 0 aliphatic carbocycles. The van der Waals surface area contributed by atoms with E-state index in [1.165, 1.54) is 0 Å². The quantitative estimate of drug-likeness (QED) is 0.641. The average molecular weight is 202 g/mol. The van der Waals surface area contributed by atoms with Crippen LogP contribution in [0, 0.1) is 0 Å². The molecule has 1 saturated heterocycles. The molecule has 1 heterocycles. The van der Waals surface area contributed by atoms with Crippen LogP contribution in [0.25, 0.3) is 0 Å². The molecule has 0 radical (unpaired) electrons. The van der Waals surface area contributed by atoms with E-state index in [0.717, 1.165) is 19.6 Å². The SMILES string of the molecule is CC(C)(C)[Si](C)(C)OC1CCOC1. The van der Waals surface area contributed by atoms with Crippen molar-refractivity contribution in [2.45, 2.75) is 51.4 Å². The summed E-state index contributed by atoms with van der Waals surface area (Å²) in [5.74, 6) is 0. The van der Waals surface area contributed by atoms with E-state index < -0.39 is 8.32 Å². The summed E-state index contributed by atoms with van der Waals surface area (Å²) in [7, 11) is -1.55. The van der Waals surface area contributed by atoms with Gasteiger partial charge in [0.2, 0.25) is 0 Å². The summed E-state index contributed by atoms with van der Waals surface area (Å²) in [5.41, 5.74) is 0. The summed E-state index contributed by atoms with van der Waals surface area (Å²) in [5, 5.41) is 0.315. The Balaban J connectivity index is 2.50. The first-order chi connectivity index (χ1) is 5.83. The van der Waals surface area contributed by atoms with Gasteiger partial charge in [-0.1, -0.05) is 20.8 Å². The maximum absolute atomic E-state index is 6.18. The maximum Gasteiger partial charge on any atom is 0.192 e. The van der Waals surface area contributed by atoms with E-state index >= 15 is 0 Å². The van der Waals surface area contributed by atoms with Crippen molar-refractivity contribution < 1.29 is 9.16 Å². The van der Waals surface area contributed by atoms with Gasteiger partial charge in [0.1, 0.15) is 0 Å². The van der Waals surface area contributed by atoms with E-state index in [9.17, 15) is 0 Å².